The maximum atomic E-state index is 13.3. The van der Waals surface area contributed by atoms with Crippen LogP contribution in [0.25, 0.3) is 0 Å². The average molecular weight is 496 g/mol. The lowest BCUT2D eigenvalue weighted by atomic mass is 10.2. The molecule has 0 aromatic heterocycles. The molecule has 0 bridgehead atoms. The monoisotopic (exact) mass is 495 g/mol. The summed E-state index contributed by atoms with van der Waals surface area (Å²) in [6, 6.07) is 12.2. The zero-order valence-electron chi connectivity index (χ0n) is 17.8. The third-order valence-electron chi connectivity index (χ3n) is 6.07. The summed E-state index contributed by atoms with van der Waals surface area (Å²) >= 11 is 12.3. The Bertz CT molecular complexity index is 1070. The van der Waals surface area contributed by atoms with E-state index in [1.54, 1.807) is 4.90 Å². The zero-order chi connectivity index (χ0) is 22.7. The minimum Gasteiger partial charge on any atom is -0.337 e. The number of rotatable bonds is 5. The summed E-state index contributed by atoms with van der Waals surface area (Å²) < 4.78 is 27.3. The second kappa shape index (κ2) is 10.1. The summed E-state index contributed by atoms with van der Waals surface area (Å²) in [5.41, 5.74) is 1.43. The van der Waals surface area contributed by atoms with Crippen molar-refractivity contribution < 1.29 is 13.2 Å². The second-order valence-corrected chi connectivity index (χ2v) is 11.1. The molecule has 2 heterocycles. The molecule has 1 amide bonds. The molecule has 0 aliphatic carbocycles. The Morgan fingerprint density at radius 2 is 1.56 bits per heavy atom. The number of nitrogens with zero attached hydrogens (tertiary/aromatic N) is 3. The van der Waals surface area contributed by atoms with Gasteiger partial charge >= 0.3 is 0 Å². The fourth-order valence-corrected chi connectivity index (χ4v) is 6.12. The van der Waals surface area contributed by atoms with E-state index in [4.69, 9.17) is 23.2 Å². The van der Waals surface area contributed by atoms with Crippen LogP contribution >= 0.6 is 23.2 Å². The minimum absolute atomic E-state index is 0.131. The first-order chi connectivity index (χ1) is 15.3. The van der Waals surface area contributed by atoms with Crippen molar-refractivity contribution in [2.24, 2.45) is 0 Å². The standard InChI is InChI=1S/C23H27Cl2N3O3S/c24-19-6-4-18(5-7-19)17-26-10-3-11-27(15-14-26)23(29)21-16-20(8-9-22(21)25)32(30,31)28-12-1-2-13-28/h4-9,16H,1-3,10-15,17H2. The fourth-order valence-electron chi connectivity index (χ4n) is 4.26. The Morgan fingerprint density at radius 3 is 2.28 bits per heavy atom. The first kappa shape index (κ1) is 23.5. The van der Waals surface area contributed by atoms with Crippen molar-refractivity contribution in [2.75, 3.05) is 39.3 Å². The largest absolute Gasteiger partial charge is 0.337 e. The molecule has 172 valence electrons. The van der Waals surface area contributed by atoms with Gasteiger partial charge in [-0.05, 0) is 55.2 Å². The molecule has 2 fully saturated rings. The molecular weight excluding hydrogens is 469 g/mol. The second-order valence-electron chi connectivity index (χ2n) is 8.30. The summed E-state index contributed by atoms with van der Waals surface area (Å²) in [4.78, 5) is 17.5. The summed E-state index contributed by atoms with van der Waals surface area (Å²) in [5.74, 6) is -0.221. The molecule has 0 N–H and O–H groups in total. The maximum absolute atomic E-state index is 13.3. The lowest BCUT2D eigenvalue weighted by Crippen LogP contribution is -2.35. The van der Waals surface area contributed by atoms with E-state index in [1.807, 2.05) is 24.3 Å². The first-order valence-electron chi connectivity index (χ1n) is 10.9. The van der Waals surface area contributed by atoms with E-state index in [2.05, 4.69) is 4.90 Å². The van der Waals surface area contributed by atoms with Crippen molar-refractivity contribution in [2.45, 2.75) is 30.7 Å². The molecule has 2 aromatic rings. The number of halogens is 2. The van der Waals surface area contributed by atoms with E-state index in [-0.39, 0.29) is 21.4 Å². The highest BCUT2D eigenvalue weighted by molar-refractivity contribution is 7.89. The van der Waals surface area contributed by atoms with Gasteiger partial charge in [-0.1, -0.05) is 35.3 Å². The van der Waals surface area contributed by atoms with E-state index in [0.717, 1.165) is 38.9 Å². The van der Waals surface area contributed by atoms with Gasteiger partial charge in [0, 0.05) is 50.8 Å². The third-order valence-corrected chi connectivity index (χ3v) is 8.54. The fraction of sp³-hybridized carbons (Fsp3) is 0.435. The first-order valence-corrected chi connectivity index (χ1v) is 13.1. The van der Waals surface area contributed by atoms with Crippen LogP contribution in [0.1, 0.15) is 35.2 Å². The maximum Gasteiger partial charge on any atom is 0.255 e. The van der Waals surface area contributed by atoms with Gasteiger partial charge in [0.2, 0.25) is 10.0 Å². The number of hydrogen-bond acceptors (Lipinski definition) is 4. The van der Waals surface area contributed by atoms with Gasteiger partial charge in [-0.15, -0.1) is 0 Å². The number of hydrogen-bond donors (Lipinski definition) is 0. The van der Waals surface area contributed by atoms with E-state index in [9.17, 15) is 13.2 Å². The van der Waals surface area contributed by atoms with Crippen LogP contribution in [0, 0.1) is 0 Å². The smallest absolute Gasteiger partial charge is 0.255 e. The zero-order valence-corrected chi connectivity index (χ0v) is 20.2. The van der Waals surface area contributed by atoms with Gasteiger partial charge in [-0.3, -0.25) is 9.69 Å². The molecule has 2 aliphatic rings. The Kier molecular flexibility index (Phi) is 7.42. The number of carbonyl (C=O) groups is 1. The Hall–Kier alpha value is -1.64. The molecule has 0 radical (unpaired) electrons. The van der Waals surface area contributed by atoms with Gasteiger partial charge in [-0.25, -0.2) is 8.42 Å². The van der Waals surface area contributed by atoms with Gasteiger partial charge in [0.15, 0.2) is 0 Å². The highest BCUT2D eigenvalue weighted by Crippen LogP contribution is 2.26. The van der Waals surface area contributed by atoms with Crippen LogP contribution in [0.3, 0.4) is 0 Å². The van der Waals surface area contributed by atoms with Crippen LogP contribution in [-0.4, -0.2) is 67.7 Å². The van der Waals surface area contributed by atoms with Crippen LogP contribution in [0.2, 0.25) is 10.0 Å². The molecule has 2 aliphatic heterocycles. The highest BCUT2D eigenvalue weighted by atomic mass is 35.5. The quantitative estimate of drug-likeness (QED) is 0.625. The Labute approximate surface area is 199 Å². The van der Waals surface area contributed by atoms with Crippen molar-refractivity contribution in [3.63, 3.8) is 0 Å². The van der Waals surface area contributed by atoms with Crippen LogP contribution in [0.5, 0.6) is 0 Å². The predicted molar refractivity (Wildman–Crippen MR) is 127 cm³/mol. The van der Waals surface area contributed by atoms with Gasteiger partial charge < -0.3 is 4.90 Å². The van der Waals surface area contributed by atoms with Crippen molar-refractivity contribution in [3.8, 4) is 0 Å². The average Bonchev–Trinajstić information content (AvgIpc) is 3.23. The summed E-state index contributed by atoms with van der Waals surface area (Å²) in [6.07, 6.45) is 2.56. The van der Waals surface area contributed by atoms with Crippen LogP contribution in [-0.2, 0) is 16.6 Å². The number of benzene rings is 2. The Morgan fingerprint density at radius 1 is 0.844 bits per heavy atom. The summed E-state index contributed by atoms with van der Waals surface area (Å²) in [7, 11) is -3.61. The molecule has 0 saturated carbocycles. The van der Waals surface area contributed by atoms with E-state index < -0.39 is 10.0 Å². The molecule has 0 atom stereocenters. The van der Waals surface area contributed by atoms with Crippen LogP contribution in [0.4, 0.5) is 0 Å². The van der Waals surface area contributed by atoms with Gasteiger partial charge in [0.1, 0.15) is 0 Å². The number of carbonyl (C=O) groups excluding carboxylic acids is 1. The number of sulfonamides is 1. The number of amides is 1. The molecule has 0 unspecified atom stereocenters. The summed E-state index contributed by atoms with van der Waals surface area (Å²) in [5, 5.41) is 0.991. The van der Waals surface area contributed by atoms with Gasteiger partial charge in [0.25, 0.3) is 5.91 Å². The minimum atomic E-state index is -3.61. The van der Waals surface area contributed by atoms with Crippen LogP contribution < -0.4 is 0 Å². The topological polar surface area (TPSA) is 60.9 Å². The molecule has 9 heteroatoms. The van der Waals surface area contributed by atoms with Crippen molar-refractivity contribution >= 4 is 39.1 Å². The Balaban J connectivity index is 1.46. The SMILES string of the molecule is O=C(c1cc(S(=O)(=O)N2CCCC2)ccc1Cl)N1CCCN(Cc2ccc(Cl)cc2)CC1. The third kappa shape index (κ3) is 5.29. The van der Waals surface area contributed by atoms with Crippen molar-refractivity contribution in [1.29, 1.82) is 0 Å². The molecular formula is C23H27Cl2N3O3S. The van der Waals surface area contributed by atoms with Gasteiger partial charge in [0.05, 0.1) is 15.5 Å². The predicted octanol–water partition coefficient (Wildman–Crippen LogP) is 4.13. The van der Waals surface area contributed by atoms with Crippen molar-refractivity contribution in [1.82, 2.24) is 14.1 Å². The lowest BCUT2D eigenvalue weighted by molar-refractivity contribution is 0.0761. The molecule has 2 aromatic carbocycles. The summed E-state index contributed by atoms with van der Waals surface area (Å²) in [6.45, 7) is 4.61. The van der Waals surface area contributed by atoms with Gasteiger partial charge in [-0.2, -0.15) is 4.31 Å². The molecule has 4 rings (SSSR count). The molecule has 6 nitrogen and oxygen atoms in total. The molecule has 0 spiro atoms. The van der Waals surface area contributed by atoms with Crippen LogP contribution in [0.15, 0.2) is 47.4 Å². The molecule has 2 saturated heterocycles. The van der Waals surface area contributed by atoms with Crippen molar-refractivity contribution in [3.05, 3.63) is 63.6 Å². The highest BCUT2D eigenvalue weighted by Gasteiger charge is 2.29. The molecule has 32 heavy (non-hydrogen) atoms. The lowest BCUT2D eigenvalue weighted by Gasteiger charge is -2.23. The normalized spacial score (nSPS) is 18.6. The van der Waals surface area contributed by atoms with E-state index in [0.29, 0.717) is 31.2 Å². The van der Waals surface area contributed by atoms with E-state index >= 15 is 0 Å². The van der Waals surface area contributed by atoms with E-state index in [1.165, 1.54) is 28.1 Å².